The number of halogens is 2. The van der Waals surface area contributed by atoms with Gasteiger partial charge in [-0.2, -0.15) is 0 Å². The van der Waals surface area contributed by atoms with Gasteiger partial charge >= 0.3 is 0 Å². The third kappa shape index (κ3) is 3.55. The van der Waals surface area contributed by atoms with E-state index < -0.39 is 0 Å². The molecule has 2 nitrogen and oxygen atoms in total. The van der Waals surface area contributed by atoms with E-state index in [1.54, 1.807) is 0 Å². The molecule has 0 unspecified atom stereocenters. The number of carbonyl (C=O) groups excluding carboxylic acids is 2. The molecule has 2 aliphatic carbocycles. The smallest absolute Gasteiger partial charge is 0.141 e. The fourth-order valence-corrected chi connectivity index (χ4v) is 3.65. The molecule has 2 aliphatic rings. The molecule has 0 radical (unpaired) electrons. The average molecular weight is 422 g/mol. The van der Waals surface area contributed by atoms with E-state index in [1.807, 2.05) is 36.4 Å². The van der Waals surface area contributed by atoms with Crippen molar-refractivity contribution in [1.29, 1.82) is 0 Å². The van der Waals surface area contributed by atoms with E-state index in [-0.39, 0.29) is 0 Å². The number of hydrogen-bond acceptors (Lipinski definition) is 2. The zero-order valence-electron chi connectivity index (χ0n) is 11.9. The van der Waals surface area contributed by atoms with Gasteiger partial charge in [0.05, 0.1) is 0 Å². The van der Waals surface area contributed by atoms with Crippen molar-refractivity contribution < 1.29 is 9.59 Å². The highest BCUT2D eigenvalue weighted by atomic mass is 79.9. The average Bonchev–Trinajstić information content (AvgIpc) is 2.99. The second-order valence-corrected chi connectivity index (χ2v) is 7.44. The van der Waals surface area contributed by atoms with Gasteiger partial charge in [-0.05, 0) is 46.5 Å². The summed E-state index contributed by atoms with van der Waals surface area (Å²) in [6.07, 6.45) is 2.49. The number of ketones is 2. The number of Topliss-reactive ketones (excluding diaryl/α,β-unsaturated/α-hetero) is 2. The number of benzene rings is 2. The Bertz CT molecular complexity index is 700. The third-order valence-electron chi connectivity index (χ3n) is 3.89. The second kappa shape index (κ2) is 6.47. The van der Waals surface area contributed by atoms with Gasteiger partial charge in [0.1, 0.15) is 11.6 Å². The first-order chi connectivity index (χ1) is 10.5. The number of rotatable bonds is 0. The minimum atomic E-state index is 0.332. The molecular formula is C18H14Br2O2. The Kier molecular flexibility index (Phi) is 4.59. The standard InChI is InChI=1S/2C9H7BrO/c2*10-8-2-1-6-4-9(11)5-7(6)3-8/h2*1-3H,4-5H2. The largest absolute Gasteiger partial charge is 0.299 e. The maximum absolute atomic E-state index is 11.0. The van der Waals surface area contributed by atoms with Crippen LogP contribution in [0.15, 0.2) is 45.3 Å². The molecule has 0 heterocycles. The maximum Gasteiger partial charge on any atom is 0.141 e. The maximum atomic E-state index is 11.0. The normalized spacial score (nSPS) is 15.2. The van der Waals surface area contributed by atoms with Gasteiger partial charge in [-0.15, -0.1) is 0 Å². The lowest BCUT2D eigenvalue weighted by atomic mass is 10.1. The van der Waals surface area contributed by atoms with Gasteiger partial charge in [0, 0.05) is 34.6 Å². The Morgan fingerprint density at radius 1 is 0.591 bits per heavy atom. The van der Waals surface area contributed by atoms with E-state index in [2.05, 4.69) is 31.9 Å². The topological polar surface area (TPSA) is 34.1 Å². The Balaban J connectivity index is 0.000000131. The SMILES string of the molecule is O=C1Cc2ccc(Br)cc2C1.O=C1Cc2ccc(Br)cc2C1. The van der Waals surface area contributed by atoms with Gasteiger partial charge in [-0.3, -0.25) is 9.59 Å². The van der Waals surface area contributed by atoms with Gasteiger partial charge in [0.25, 0.3) is 0 Å². The van der Waals surface area contributed by atoms with Crippen LogP contribution in [-0.4, -0.2) is 11.6 Å². The summed E-state index contributed by atoms with van der Waals surface area (Å²) in [5.74, 6) is 0.663. The molecule has 0 fully saturated rings. The summed E-state index contributed by atoms with van der Waals surface area (Å²) in [5.41, 5.74) is 4.75. The molecule has 2 aromatic carbocycles. The molecule has 4 rings (SSSR count). The fraction of sp³-hybridized carbons (Fsp3) is 0.222. The van der Waals surface area contributed by atoms with Gasteiger partial charge in [0.15, 0.2) is 0 Å². The Hall–Kier alpha value is -1.26. The summed E-state index contributed by atoms with van der Waals surface area (Å²) >= 11 is 6.75. The van der Waals surface area contributed by atoms with Gasteiger partial charge in [0.2, 0.25) is 0 Å². The highest BCUT2D eigenvalue weighted by Crippen LogP contribution is 2.23. The molecule has 0 bridgehead atoms. The van der Waals surface area contributed by atoms with Crippen molar-refractivity contribution in [1.82, 2.24) is 0 Å². The molecule has 2 aromatic rings. The van der Waals surface area contributed by atoms with Crippen LogP contribution in [0.3, 0.4) is 0 Å². The zero-order chi connectivity index (χ0) is 15.7. The lowest BCUT2D eigenvalue weighted by Gasteiger charge is -1.96. The lowest BCUT2D eigenvalue weighted by Crippen LogP contribution is -1.92. The van der Waals surface area contributed by atoms with Crippen molar-refractivity contribution >= 4 is 43.4 Å². The summed E-state index contributed by atoms with van der Waals surface area (Å²) in [6, 6.07) is 12.1. The quantitative estimate of drug-likeness (QED) is 0.637. The summed E-state index contributed by atoms with van der Waals surface area (Å²) < 4.78 is 2.12. The summed E-state index contributed by atoms with van der Waals surface area (Å²) in [7, 11) is 0. The molecule has 4 heteroatoms. The van der Waals surface area contributed by atoms with Crippen LogP contribution in [-0.2, 0) is 35.3 Å². The van der Waals surface area contributed by atoms with Crippen LogP contribution in [0.25, 0.3) is 0 Å². The minimum absolute atomic E-state index is 0.332. The molecule has 0 aliphatic heterocycles. The Labute approximate surface area is 146 Å². The lowest BCUT2D eigenvalue weighted by molar-refractivity contribution is -0.117. The summed E-state index contributed by atoms with van der Waals surface area (Å²) in [4.78, 5) is 22.0. The number of hydrogen-bond donors (Lipinski definition) is 0. The molecule has 112 valence electrons. The second-order valence-electron chi connectivity index (χ2n) is 5.61. The van der Waals surface area contributed by atoms with Crippen LogP contribution < -0.4 is 0 Å². The third-order valence-corrected chi connectivity index (χ3v) is 4.87. The van der Waals surface area contributed by atoms with Crippen molar-refractivity contribution in [3.63, 3.8) is 0 Å². The molecule has 0 saturated carbocycles. The Morgan fingerprint density at radius 2 is 0.955 bits per heavy atom. The first-order valence-electron chi connectivity index (χ1n) is 7.09. The molecular weight excluding hydrogens is 408 g/mol. The molecule has 0 spiro atoms. The number of fused-ring (bicyclic) bond motifs is 2. The van der Waals surface area contributed by atoms with E-state index in [9.17, 15) is 9.59 Å². The Morgan fingerprint density at radius 3 is 1.36 bits per heavy atom. The van der Waals surface area contributed by atoms with E-state index in [0.717, 1.165) is 8.95 Å². The van der Waals surface area contributed by atoms with E-state index >= 15 is 0 Å². The molecule has 0 atom stereocenters. The highest BCUT2D eigenvalue weighted by molar-refractivity contribution is 9.10. The zero-order valence-corrected chi connectivity index (χ0v) is 15.0. The van der Waals surface area contributed by atoms with Gasteiger partial charge in [-0.1, -0.05) is 44.0 Å². The van der Waals surface area contributed by atoms with Crippen LogP contribution in [0.2, 0.25) is 0 Å². The van der Waals surface area contributed by atoms with Gasteiger partial charge in [-0.25, -0.2) is 0 Å². The van der Waals surface area contributed by atoms with Crippen molar-refractivity contribution in [2.75, 3.05) is 0 Å². The molecule has 0 saturated heterocycles. The van der Waals surface area contributed by atoms with Gasteiger partial charge < -0.3 is 0 Å². The van der Waals surface area contributed by atoms with E-state index in [0.29, 0.717) is 37.2 Å². The predicted molar refractivity (Wildman–Crippen MR) is 93.1 cm³/mol. The van der Waals surface area contributed by atoms with Crippen molar-refractivity contribution in [3.8, 4) is 0 Å². The van der Waals surface area contributed by atoms with Crippen molar-refractivity contribution in [2.24, 2.45) is 0 Å². The number of carbonyl (C=O) groups is 2. The van der Waals surface area contributed by atoms with Crippen molar-refractivity contribution in [2.45, 2.75) is 25.7 Å². The van der Waals surface area contributed by atoms with Crippen LogP contribution in [0, 0.1) is 0 Å². The van der Waals surface area contributed by atoms with Crippen LogP contribution in [0.1, 0.15) is 22.3 Å². The first-order valence-corrected chi connectivity index (χ1v) is 8.68. The fourth-order valence-electron chi connectivity index (χ4n) is 2.84. The van der Waals surface area contributed by atoms with E-state index in [4.69, 9.17) is 0 Å². The molecule has 0 aromatic heterocycles. The monoisotopic (exact) mass is 420 g/mol. The first kappa shape index (κ1) is 15.6. The van der Waals surface area contributed by atoms with Crippen LogP contribution in [0.5, 0.6) is 0 Å². The minimum Gasteiger partial charge on any atom is -0.299 e. The predicted octanol–water partition coefficient (Wildman–Crippen LogP) is 4.23. The van der Waals surface area contributed by atoms with Crippen molar-refractivity contribution in [3.05, 3.63) is 67.6 Å². The summed E-state index contributed by atoms with van der Waals surface area (Å²) in [6.45, 7) is 0. The molecule has 22 heavy (non-hydrogen) atoms. The van der Waals surface area contributed by atoms with Crippen LogP contribution >= 0.6 is 31.9 Å². The van der Waals surface area contributed by atoms with Crippen LogP contribution in [0.4, 0.5) is 0 Å². The van der Waals surface area contributed by atoms with E-state index in [1.165, 1.54) is 22.3 Å². The molecule has 0 amide bonds. The highest BCUT2D eigenvalue weighted by Gasteiger charge is 2.18. The summed E-state index contributed by atoms with van der Waals surface area (Å²) in [5, 5.41) is 0. The molecule has 0 N–H and O–H groups in total.